The highest BCUT2D eigenvalue weighted by atomic mass is 16.5. The number of ether oxygens (including phenoxy) is 1. The molecule has 0 unspecified atom stereocenters. The fourth-order valence-corrected chi connectivity index (χ4v) is 18.0. The summed E-state index contributed by atoms with van der Waals surface area (Å²) in [5.74, 6) is 0.724. The quantitative estimate of drug-likeness (QED) is 0.0397. The van der Waals surface area contributed by atoms with Gasteiger partial charge in [-0.1, -0.05) is 259 Å². The van der Waals surface area contributed by atoms with Crippen LogP contribution in [0.5, 0.6) is 0 Å². The van der Waals surface area contributed by atoms with Crippen molar-refractivity contribution in [2.45, 2.75) is 121 Å². The van der Waals surface area contributed by atoms with E-state index < -0.39 is 22.0 Å². The van der Waals surface area contributed by atoms with Crippen LogP contribution in [-0.4, -0.2) is 188 Å². The fraction of sp³-hybridized carbons (Fsp3) is 0.378. The molecule has 3 spiro atoms. The molecule has 17 heteroatoms. The first-order chi connectivity index (χ1) is 54.9. The van der Waals surface area contributed by atoms with Crippen LogP contribution < -0.4 is 14.7 Å². The molecule has 6 saturated heterocycles. The van der Waals surface area contributed by atoms with Gasteiger partial charge in [0.05, 0.1) is 45.8 Å². The molecule has 9 aromatic carbocycles. The van der Waals surface area contributed by atoms with Crippen LogP contribution in [-0.2, 0) is 29.3 Å². The van der Waals surface area contributed by atoms with Crippen molar-refractivity contribution in [1.29, 1.82) is 5.26 Å². The summed E-state index contributed by atoms with van der Waals surface area (Å²) in [6, 6.07) is 96.4. The van der Waals surface area contributed by atoms with E-state index in [1.165, 1.54) is 22.3 Å². The predicted molar refractivity (Wildman–Crippen MR) is 464 cm³/mol. The van der Waals surface area contributed by atoms with Gasteiger partial charge in [-0.05, 0) is 148 Å². The lowest BCUT2D eigenvalue weighted by molar-refractivity contribution is -0.148. The zero-order chi connectivity index (χ0) is 77.6. The van der Waals surface area contributed by atoms with E-state index in [0.717, 1.165) is 126 Å². The third-order valence-corrected chi connectivity index (χ3v) is 24.2. The number of amides is 3. The van der Waals surface area contributed by atoms with Crippen LogP contribution in [0.1, 0.15) is 132 Å². The third kappa shape index (κ3) is 19.5. The first kappa shape index (κ1) is 86.0. The number of nitriles is 1. The van der Waals surface area contributed by atoms with Crippen LogP contribution in [0.3, 0.4) is 0 Å². The summed E-state index contributed by atoms with van der Waals surface area (Å²) in [5, 5.41) is 10.6. The second-order valence-electron chi connectivity index (χ2n) is 30.4. The van der Waals surface area contributed by atoms with E-state index in [4.69, 9.17) is 17.9 Å². The lowest BCUT2D eigenvalue weighted by atomic mass is 9.73. The summed E-state index contributed by atoms with van der Waals surface area (Å²) in [5.41, 5.74) is 8.12. The van der Waals surface area contributed by atoms with E-state index in [0.29, 0.717) is 83.9 Å². The largest absolute Gasteiger partial charge is 0.465 e. The minimum Gasteiger partial charge on any atom is -0.465 e. The molecule has 0 bridgehead atoms. The van der Waals surface area contributed by atoms with Gasteiger partial charge in [-0.3, -0.25) is 19.2 Å². The number of piperidine rings is 3. The number of nitrogens with zero attached hydrogens (tertiary/aromatic N) is 12. The Morgan fingerprint density at radius 2 is 0.678 bits per heavy atom. The molecule has 6 aliphatic rings. The average Bonchev–Trinajstić information content (AvgIpc) is 1.61. The maximum Gasteiger partial charge on any atom is 0.325 e. The Labute approximate surface area is 684 Å². The van der Waals surface area contributed by atoms with E-state index >= 15 is 0 Å². The van der Waals surface area contributed by atoms with E-state index in [-0.39, 0.29) is 52.5 Å². The van der Waals surface area contributed by atoms with Crippen molar-refractivity contribution >= 4 is 40.8 Å². The zero-order valence-electron chi connectivity index (χ0n) is 64.6. The van der Waals surface area contributed by atoms with Crippen molar-refractivity contribution in [3.63, 3.8) is 0 Å². The second-order valence-corrected chi connectivity index (χ2v) is 30.4. The molecule has 6 aliphatic heterocycles. The summed E-state index contributed by atoms with van der Waals surface area (Å²) >= 11 is 0. The van der Waals surface area contributed by atoms with Gasteiger partial charge in [0.1, 0.15) is 28.6 Å². The highest BCUT2D eigenvalue weighted by Gasteiger charge is 2.57. The van der Waals surface area contributed by atoms with Crippen LogP contribution in [0, 0.1) is 24.5 Å². The lowest BCUT2D eigenvalue weighted by Crippen LogP contribution is -2.57. The number of rotatable bonds is 25. The molecule has 0 aliphatic carbocycles. The number of esters is 1. The van der Waals surface area contributed by atoms with Gasteiger partial charge < -0.3 is 58.5 Å². The molecule has 9 aromatic rings. The highest BCUT2D eigenvalue weighted by molar-refractivity contribution is 5.96. The van der Waals surface area contributed by atoms with Gasteiger partial charge in [-0.25, -0.2) is 13.1 Å². The van der Waals surface area contributed by atoms with Gasteiger partial charge in [0, 0.05) is 74.7 Å². The molecule has 0 atom stereocenters. The first-order valence-electron chi connectivity index (χ1n) is 40.0. The molecule has 0 aromatic heterocycles. The molecule has 0 radical (unpaired) electrons. The Hall–Kier alpha value is -11.4. The second kappa shape index (κ2) is 41.1. The molecule has 6 heterocycles. The third-order valence-electron chi connectivity index (χ3n) is 24.2. The number of hydrogen-bond acceptors (Lipinski definition) is 12. The Morgan fingerprint density at radius 3 is 0.965 bits per heavy atom. The minimum atomic E-state index is -0.757. The molecule has 0 saturated carbocycles. The minimum absolute atomic E-state index is 0. The number of carbonyl (C=O) groups is 4. The zero-order valence-corrected chi connectivity index (χ0v) is 64.6. The van der Waals surface area contributed by atoms with Gasteiger partial charge in [-0.2, -0.15) is 5.26 Å². The maximum absolute atomic E-state index is 13.9. The first-order valence-corrected chi connectivity index (χ1v) is 40.0. The standard InChI is InChI=1S/C33H36N4O3.2C31H34N4O.3CH4/c1-2-40-30(38)24-36-26-37(29-16-10-5-11-17-29)33(31(36)39)19-22-35(23-20-33)21-18-32(25-34,27-12-6-3-7-13-27)28-14-8-4-9-15-28;2*1-32-20-24-34-25-35(28-15-9-4-10-16-28)31(30(34)36)18-22-33(23-19-31)21-17-29(26-11-5-2-6-12-26)27-13-7-3-8-14-27;;;/h3-17H,2,18-24,26H2,1H3;2*2-16,29H,17-25H2;3*1H4. The smallest absolute Gasteiger partial charge is 0.325 e. The molecule has 598 valence electrons. The van der Waals surface area contributed by atoms with Crippen molar-refractivity contribution in [1.82, 2.24) is 29.4 Å². The van der Waals surface area contributed by atoms with E-state index in [9.17, 15) is 24.4 Å². The van der Waals surface area contributed by atoms with Crippen molar-refractivity contribution in [2.24, 2.45) is 0 Å². The highest BCUT2D eigenvalue weighted by Crippen LogP contribution is 2.45. The van der Waals surface area contributed by atoms with Gasteiger partial charge in [0.2, 0.25) is 24.9 Å². The Kier molecular flexibility index (Phi) is 30.7. The number of hydrogen-bond donors (Lipinski definition) is 0. The van der Waals surface area contributed by atoms with Gasteiger partial charge in [-0.15, -0.1) is 0 Å². The molecular formula is C98H116N12O5. The molecule has 0 N–H and O–H groups in total. The van der Waals surface area contributed by atoms with Crippen LogP contribution in [0.2, 0.25) is 0 Å². The van der Waals surface area contributed by atoms with Gasteiger partial charge in [0.15, 0.2) is 0 Å². The van der Waals surface area contributed by atoms with Crippen molar-refractivity contribution < 1.29 is 23.9 Å². The van der Waals surface area contributed by atoms with Gasteiger partial charge >= 0.3 is 5.97 Å². The number of likely N-dealkylation sites (tertiary alicyclic amines) is 3. The molecule has 17 nitrogen and oxygen atoms in total. The van der Waals surface area contributed by atoms with Crippen molar-refractivity contribution in [3.05, 3.63) is 329 Å². The van der Waals surface area contributed by atoms with Crippen molar-refractivity contribution in [3.8, 4) is 6.07 Å². The Bertz CT molecular complexity index is 4300. The van der Waals surface area contributed by atoms with E-state index in [1.807, 2.05) is 137 Å². The summed E-state index contributed by atoms with van der Waals surface area (Å²) in [6.07, 6.45) is 7.31. The number of benzene rings is 9. The Balaban J connectivity index is 0.000000180. The summed E-state index contributed by atoms with van der Waals surface area (Å²) in [6.45, 7) is 27.4. The number of carbonyl (C=O) groups excluding carboxylic acids is 4. The van der Waals surface area contributed by atoms with Crippen LogP contribution in [0.4, 0.5) is 17.1 Å². The van der Waals surface area contributed by atoms with Crippen LogP contribution >= 0.6 is 0 Å². The summed E-state index contributed by atoms with van der Waals surface area (Å²) in [4.78, 5) is 80.1. The molecule has 15 rings (SSSR count). The average molecular weight is 1540 g/mol. The topological polar surface area (TPSA) is 139 Å². The Morgan fingerprint density at radius 1 is 0.409 bits per heavy atom. The fourth-order valence-electron chi connectivity index (χ4n) is 18.0. The monoisotopic (exact) mass is 1540 g/mol. The van der Waals surface area contributed by atoms with E-state index in [2.05, 4.69) is 191 Å². The molecule has 6 fully saturated rings. The summed E-state index contributed by atoms with van der Waals surface area (Å²) < 4.78 is 5.15. The number of para-hydroxylation sites is 3. The van der Waals surface area contributed by atoms with Gasteiger partial charge in [0.25, 0.3) is 5.91 Å². The van der Waals surface area contributed by atoms with Crippen LogP contribution in [0.25, 0.3) is 9.69 Å². The van der Waals surface area contributed by atoms with E-state index in [1.54, 1.807) is 11.8 Å². The summed E-state index contributed by atoms with van der Waals surface area (Å²) in [7, 11) is 0. The predicted octanol–water partition coefficient (Wildman–Crippen LogP) is 17.0. The van der Waals surface area contributed by atoms with Crippen LogP contribution in [0.15, 0.2) is 273 Å². The lowest BCUT2D eigenvalue weighted by Gasteiger charge is -2.44. The normalized spacial score (nSPS) is 17.0. The SMILES string of the molecule is C.C.C.CCOC(=O)CN1CN(c2ccccc2)C2(CCN(CCC(C#N)(c3ccccc3)c3ccccc3)CC2)C1=O.[C-]#[N+]CCN1CN(c2ccccc2)C2(CCN(CCC(c3ccccc3)c3ccccc3)CC2)C1=O.[C-]#[N+]CCN1CN(c2ccccc2)C2(CCN(CCC(c3ccccc3)c3ccccc3)CC2)C1=O. The molecular weight excluding hydrogens is 1430 g/mol. The number of anilines is 3. The van der Waals surface area contributed by atoms with Crippen molar-refractivity contribution in [2.75, 3.05) is 133 Å². The molecule has 3 amide bonds. The molecule has 115 heavy (non-hydrogen) atoms. The maximum atomic E-state index is 13.9.